The number of hydrogen-bond acceptors (Lipinski definition) is 8. The normalized spacial score (nSPS) is 18.4. The molecule has 0 radical (unpaired) electrons. The summed E-state index contributed by atoms with van der Waals surface area (Å²) in [5, 5.41) is 18.1. The van der Waals surface area contributed by atoms with Crippen molar-refractivity contribution in [3.8, 4) is 5.19 Å². The van der Waals surface area contributed by atoms with Gasteiger partial charge in [-0.15, -0.1) is 15.3 Å². The predicted molar refractivity (Wildman–Crippen MR) is 89.8 cm³/mol. The number of hydrogen-bond donors (Lipinski definition) is 0. The molecule has 23 heavy (non-hydrogen) atoms. The summed E-state index contributed by atoms with van der Waals surface area (Å²) in [7, 11) is 2.15. The van der Waals surface area contributed by atoms with E-state index in [1.54, 1.807) is 6.20 Å². The molecule has 8 heteroatoms. The summed E-state index contributed by atoms with van der Waals surface area (Å²) in [6.45, 7) is 5.38. The van der Waals surface area contributed by atoms with E-state index in [0.29, 0.717) is 17.8 Å². The molecule has 0 aliphatic carbocycles. The first-order chi connectivity index (χ1) is 11.3. The van der Waals surface area contributed by atoms with Crippen molar-refractivity contribution < 1.29 is 4.74 Å². The SMILES string of the molecule is CCOc1nnc(CN(C)[C@H]2CCCN(c3cccnn3)C2)s1. The van der Waals surface area contributed by atoms with Gasteiger partial charge in [-0.3, -0.25) is 4.90 Å². The minimum absolute atomic E-state index is 0.477. The molecule has 2 aromatic heterocycles. The van der Waals surface area contributed by atoms with E-state index in [1.165, 1.54) is 17.8 Å². The summed E-state index contributed by atoms with van der Waals surface area (Å²) >= 11 is 1.52. The molecule has 124 valence electrons. The number of nitrogens with zero attached hydrogens (tertiary/aromatic N) is 6. The van der Waals surface area contributed by atoms with Crippen LogP contribution in [0.3, 0.4) is 0 Å². The summed E-state index contributed by atoms with van der Waals surface area (Å²) in [6, 6.07) is 4.44. The Morgan fingerprint density at radius 1 is 1.39 bits per heavy atom. The Labute approximate surface area is 140 Å². The smallest absolute Gasteiger partial charge is 0.294 e. The third-order valence-corrected chi connectivity index (χ3v) is 4.82. The van der Waals surface area contributed by atoms with Gasteiger partial charge >= 0.3 is 0 Å². The fourth-order valence-corrected chi connectivity index (χ4v) is 3.62. The Kier molecular flexibility index (Phi) is 5.35. The third kappa shape index (κ3) is 4.14. The molecule has 2 aromatic rings. The highest BCUT2D eigenvalue weighted by atomic mass is 32.1. The molecule has 0 N–H and O–H groups in total. The van der Waals surface area contributed by atoms with Crippen LogP contribution < -0.4 is 9.64 Å². The molecule has 1 fully saturated rings. The zero-order valence-electron chi connectivity index (χ0n) is 13.6. The number of rotatable bonds is 6. The van der Waals surface area contributed by atoms with Crippen LogP contribution in [0, 0.1) is 0 Å². The van der Waals surface area contributed by atoms with Crippen LogP contribution in [-0.4, -0.2) is 58.1 Å². The second-order valence-electron chi connectivity index (χ2n) is 5.63. The first-order valence-corrected chi connectivity index (χ1v) is 8.76. The number of likely N-dealkylation sites (N-methyl/N-ethyl adjacent to an activating group) is 1. The molecule has 3 heterocycles. The summed E-state index contributed by atoms with van der Waals surface area (Å²) in [6.07, 6.45) is 4.05. The highest BCUT2D eigenvalue weighted by molar-refractivity contribution is 7.13. The van der Waals surface area contributed by atoms with E-state index in [2.05, 4.69) is 37.2 Å². The van der Waals surface area contributed by atoms with Gasteiger partial charge in [0.15, 0.2) is 5.82 Å². The van der Waals surface area contributed by atoms with E-state index in [9.17, 15) is 0 Å². The average Bonchev–Trinajstić information content (AvgIpc) is 3.03. The van der Waals surface area contributed by atoms with Crippen molar-refractivity contribution in [2.24, 2.45) is 0 Å². The van der Waals surface area contributed by atoms with Crippen molar-refractivity contribution in [1.82, 2.24) is 25.3 Å². The van der Waals surface area contributed by atoms with Crippen LogP contribution in [0.4, 0.5) is 5.82 Å². The van der Waals surface area contributed by atoms with Gasteiger partial charge in [-0.25, -0.2) is 0 Å². The molecule has 1 aliphatic rings. The Morgan fingerprint density at radius 2 is 2.30 bits per heavy atom. The third-order valence-electron chi connectivity index (χ3n) is 4.00. The van der Waals surface area contributed by atoms with Crippen molar-refractivity contribution in [1.29, 1.82) is 0 Å². The van der Waals surface area contributed by atoms with E-state index in [0.717, 1.165) is 36.9 Å². The first-order valence-electron chi connectivity index (χ1n) is 7.94. The van der Waals surface area contributed by atoms with Crippen LogP contribution >= 0.6 is 11.3 Å². The van der Waals surface area contributed by atoms with E-state index in [1.807, 2.05) is 19.1 Å². The van der Waals surface area contributed by atoms with Crippen LogP contribution in [0.1, 0.15) is 24.8 Å². The molecule has 7 nitrogen and oxygen atoms in total. The quantitative estimate of drug-likeness (QED) is 0.798. The minimum Gasteiger partial charge on any atom is -0.469 e. The van der Waals surface area contributed by atoms with Gasteiger partial charge in [0.2, 0.25) is 0 Å². The van der Waals surface area contributed by atoms with Crippen molar-refractivity contribution in [2.45, 2.75) is 32.4 Å². The van der Waals surface area contributed by atoms with E-state index >= 15 is 0 Å². The van der Waals surface area contributed by atoms with Gasteiger partial charge < -0.3 is 9.64 Å². The fraction of sp³-hybridized carbons (Fsp3) is 0.600. The molecular formula is C15H22N6OS. The van der Waals surface area contributed by atoms with Gasteiger partial charge in [-0.1, -0.05) is 11.3 Å². The van der Waals surface area contributed by atoms with Crippen molar-refractivity contribution in [2.75, 3.05) is 31.6 Å². The molecule has 0 aromatic carbocycles. The largest absolute Gasteiger partial charge is 0.469 e. The Hall–Kier alpha value is -1.80. The fourth-order valence-electron chi connectivity index (χ4n) is 2.81. The lowest BCUT2D eigenvalue weighted by Gasteiger charge is -2.37. The minimum atomic E-state index is 0.477. The van der Waals surface area contributed by atoms with Gasteiger partial charge in [0, 0.05) is 25.3 Å². The maximum atomic E-state index is 5.39. The highest BCUT2D eigenvalue weighted by Gasteiger charge is 2.25. The highest BCUT2D eigenvalue weighted by Crippen LogP contribution is 2.23. The lowest BCUT2D eigenvalue weighted by atomic mass is 10.0. The zero-order valence-corrected chi connectivity index (χ0v) is 14.4. The van der Waals surface area contributed by atoms with Crippen molar-refractivity contribution >= 4 is 17.2 Å². The molecule has 0 amide bonds. The van der Waals surface area contributed by atoms with Gasteiger partial charge in [-0.05, 0) is 38.9 Å². The molecule has 0 bridgehead atoms. The maximum Gasteiger partial charge on any atom is 0.294 e. The van der Waals surface area contributed by atoms with Crippen LogP contribution in [0.5, 0.6) is 5.19 Å². The Bertz CT molecular complexity index is 607. The molecular weight excluding hydrogens is 312 g/mol. The predicted octanol–water partition coefficient (Wildman–Crippen LogP) is 1.83. The molecule has 1 atom stereocenters. The lowest BCUT2D eigenvalue weighted by Crippen LogP contribution is -2.46. The summed E-state index contributed by atoms with van der Waals surface area (Å²) in [4.78, 5) is 4.65. The van der Waals surface area contributed by atoms with Crippen LogP contribution in [0.25, 0.3) is 0 Å². The number of piperidine rings is 1. The second-order valence-corrected chi connectivity index (χ2v) is 6.66. The molecule has 0 unspecified atom stereocenters. The molecule has 0 spiro atoms. The van der Waals surface area contributed by atoms with E-state index in [-0.39, 0.29) is 0 Å². The molecule has 0 saturated carbocycles. The van der Waals surface area contributed by atoms with E-state index in [4.69, 9.17) is 4.74 Å². The van der Waals surface area contributed by atoms with Crippen molar-refractivity contribution in [3.63, 3.8) is 0 Å². The number of aromatic nitrogens is 4. The second kappa shape index (κ2) is 7.65. The van der Waals surface area contributed by atoms with Crippen LogP contribution in [0.15, 0.2) is 18.3 Å². The first kappa shape index (κ1) is 16.1. The standard InChI is InChI=1S/C15H22N6OS/c1-3-22-15-19-18-14(23-15)11-20(2)12-6-5-9-21(10-12)13-7-4-8-16-17-13/h4,7-8,12H,3,5-6,9-11H2,1-2H3/t12-/m0/s1. The van der Waals surface area contributed by atoms with Crippen LogP contribution in [-0.2, 0) is 6.54 Å². The van der Waals surface area contributed by atoms with Gasteiger partial charge in [0.05, 0.1) is 13.2 Å². The van der Waals surface area contributed by atoms with E-state index < -0.39 is 0 Å². The monoisotopic (exact) mass is 334 g/mol. The van der Waals surface area contributed by atoms with Gasteiger partial charge in [-0.2, -0.15) is 5.10 Å². The summed E-state index contributed by atoms with van der Waals surface area (Å²) in [5.41, 5.74) is 0. The molecule has 1 aliphatic heterocycles. The van der Waals surface area contributed by atoms with Crippen molar-refractivity contribution in [3.05, 3.63) is 23.3 Å². The lowest BCUT2D eigenvalue weighted by molar-refractivity contribution is 0.207. The number of anilines is 1. The zero-order chi connectivity index (χ0) is 16.1. The van der Waals surface area contributed by atoms with Crippen LogP contribution in [0.2, 0.25) is 0 Å². The summed E-state index contributed by atoms with van der Waals surface area (Å²) < 4.78 is 5.39. The number of ether oxygens (including phenoxy) is 1. The molecule has 3 rings (SSSR count). The van der Waals surface area contributed by atoms with Gasteiger partial charge in [0.1, 0.15) is 5.01 Å². The topological polar surface area (TPSA) is 67.3 Å². The molecule has 1 saturated heterocycles. The average molecular weight is 334 g/mol. The Morgan fingerprint density at radius 3 is 3.09 bits per heavy atom. The van der Waals surface area contributed by atoms with Gasteiger partial charge in [0.25, 0.3) is 5.19 Å². The summed E-state index contributed by atoms with van der Waals surface area (Å²) in [5.74, 6) is 0.958. The maximum absolute atomic E-state index is 5.39. The Balaban J connectivity index is 1.59.